The summed E-state index contributed by atoms with van der Waals surface area (Å²) in [5.41, 5.74) is 0.951. The third kappa shape index (κ3) is 5.40. The van der Waals surface area contributed by atoms with Gasteiger partial charge in [0.15, 0.2) is 0 Å². The molecule has 0 aliphatic heterocycles. The van der Waals surface area contributed by atoms with Gasteiger partial charge in [0, 0.05) is 21.7 Å². The van der Waals surface area contributed by atoms with E-state index in [0.717, 1.165) is 10.0 Å². The molecule has 0 saturated carbocycles. The number of hydrogen-bond donors (Lipinski definition) is 0. The average molecular weight is 298 g/mol. The van der Waals surface area contributed by atoms with Crippen molar-refractivity contribution in [3.8, 4) is 0 Å². The number of benzene rings is 1. The first-order valence-electron chi connectivity index (χ1n) is 5.11. The molecule has 1 aromatic carbocycles. The second-order valence-electron chi connectivity index (χ2n) is 3.59. The van der Waals surface area contributed by atoms with Crippen LogP contribution in [0.4, 0.5) is 0 Å². The van der Waals surface area contributed by atoms with Crippen LogP contribution < -0.4 is 0 Å². The molecule has 0 aliphatic rings. The predicted molar refractivity (Wildman–Crippen MR) is 69.2 cm³/mol. The van der Waals surface area contributed by atoms with Gasteiger partial charge in [0.2, 0.25) is 6.54 Å². The van der Waals surface area contributed by atoms with Crippen molar-refractivity contribution in [2.45, 2.75) is 6.42 Å². The number of carbonyl (C=O) groups excluding carboxylic acids is 1. The molecule has 0 radical (unpaired) electrons. The largest absolute Gasteiger partial charge is 0.303 e. The fraction of sp³-hybridized carbons (Fsp3) is 0.250. The Labute approximate surface area is 108 Å². The monoisotopic (exact) mass is 297 g/mol. The number of aldehydes is 1. The summed E-state index contributed by atoms with van der Waals surface area (Å²) in [5, 5.41) is 10.4. The van der Waals surface area contributed by atoms with E-state index in [2.05, 4.69) is 15.9 Å². The van der Waals surface area contributed by atoms with Gasteiger partial charge in [-0.05, 0) is 17.7 Å². The van der Waals surface area contributed by atoms with E-state index >= 15 is 0 Å². The summed E-state index contributed by atoms with van der Waals surface area (Å²) in [4.78, 5) is 20.4. The summed E-state index contributed by atoms with van der Waals surface area (Å²) < 4.78 is 0.976. The lowest BCUT2D eigenvalue weighted by molar-refractivity contribution is -0.485. The van der Waals surface area contributed by atoms with Crippen LogP contribution in [0.2, 0.25) is 0 Å². The Hall–Kier alpha value is -1.49. The molecule has 0 N–H and O–H groups in total. The van der Waals surface area contributed by atoms with Crippen molar-refractivity contribution >= 4 is 28.3 Å². The van der Waals surface area contributed by atoms with Crippen LogP contribution in [0.15, 0.2) is 34.8 Å². The van der Waals surface area contributed by atoms with Gasteiger partial charge < -0.3 is 4.79 Å². The minimum Gasteiger partial charge on any atom is -0.303 e. The summed E-state index contributed by atoms with van der Waals surface area (Å²) in [6, 6.07) is 7.57. The number of rotatable bonds is 6. The zero-order valence-electron chi connectivity index (χ0n) is 9.08. The zero-order chi connectivity index (χ0) is 12.7. The first kappa shape index (κ1) is 13.6. The van der Waals surface area contributed by atoms with Crippen LogP contribution >= 0.6 is 15.9 Å². The molecule has 0 aliphatic carbocycles. The van der Waals surface area contributed by atoms with Gasteiger partial charge in [-0.2, -0.15) is 0 Å². The standard InChI is InChI=1S/C12H12BrNO3/c13-12-5-3-10(4-6-12)1-2-11(7-8-15)9-14(16)17/h1-6,8,11H,7,9H2/b2-1+/t11-/m1/s1. The molecule has 5 heteroatoms. The van der Waals surface area contributed by atoms with Crippen molar-refractivity contribution in [2.24, 2.45) is 5.92 Å². The zero-order valence-corrected chi connectivity index (χ0v) is 10.7. The van der Waals surface area contributed by atoms with Crippen molar-refractivity contribution < 1.29 is 9.72 Å². The number of hydrogen-bond acceptors (Lipinski definition) is 3. The summed E-state index contributed by atoms with van der Waals surface area (Å²) in [6.07, 6.45) is 4.39. The molecule has 0 bridgehead atoms. The third-order valence-corrected chi connectivity index (χ3v) is 2.74. The fourth-order valence-corrected chi connectivity index (χ4v) is 1.61. The number of nitro groups is 1. The summed E-state index contributed by atoms with van der Waals surface area (Å²) in [6.45, 7) is -0.216. The van der Waals surface area contributed by atoms with Gasteiger partial charge in [0.05, 0.1) is 0 Å². The molecule has 0 fully saturated rings. The Balaban J connectivity index is 2.67. The molecule has 0 heterocycles. The van der Waals surface area contributed by atoms with E-state index < -0.39 is 4.92 Å². The lowest BCUT2D eigenvalue weighted by atomic mass is 10.0. The Bertz CT molecular complexity index is 414. The van der Waals surface area contributed by atoms with Crippen LogP contribution in [-0.2, 0) is 4.79 Å². The van der Waals surface area contributed by atoms with E-state index in [-0.39, 0.29) is 18.9 Å². The first-order chi connectivity index (χ1) is 8.11. The molecule has 0 unspecified atom stereocenters. The van der Waals surface area contributed by atoms with Crippen LogP contribution in [-0.4, -0.2) is 17.8 Å². The highest BCUT2D eigenvalue weighted by molar-refractivity contribution is 9.10. The third-order valence-electron chi connectivity index (χ3n) is 2.21. The Morgan fingerprint density at radius 1 is 1.35 bits per heavy atom. The molecule has 0 aromatic heterocycles. The fourth-order valence-electron chi connectivity index (χ4n) is 1.35. The van der Waals surface area contributed by atoms with Gasteiger partial charge in [0.25, 0.3) is 0 Å². The molecule has 0 spiro atoms. The van der Waals surface area contributed by atoms with Gasteiger partial charge >= 0.3 is 0 Å². The smallest absolute Gasteiger partial charge is 0.210 e. The normalized spacial score (nSPS) is 12.5. The minimum atomic E-state index is -0.403. The Morgan fingerprint density at radius 2 is 2.00 bits per heavy atom. The van der Waals surface area contributed by atoms with Crippen molar-refractivity contribution in [3.63, 3.8) is 0 Å². The van der Waals surface area contributed by atoms with Gasteiger partial charge in [-0.25, -0.2) is 0 Å². The van der Waals surface area contributed by atoms with Crippen LogP contribution in [0.25, 0.3) is 6.08 Å². The van der Waals surface area contributed by atoms with Crippen molar-refractivity contribution in [3.05, 3.63) is 50.5 Å². The van der Waals surface area contributed by atoms with Crippen LogP contribution in [0, 0.1) is 16.0 Å². The maximum absolute atomic E-state index is 10.4. The maximum Gasteiger partial charge on any atom is 0.210 e. The molecule has 1 atom stereocenters. The van der Waals surface area contributed by atoms with Gasteiger partial charge in [-0.1, -0.05) is 40.2 Å². The lowest BCUT2D eigenvalue weighted by Gasteiger charge is -2.02. The van der Waals surface area contributed by atoms with Crippen LogP contribution in [0.1, 0.15) is 12.0 Å². The quantitative estimate of drug-likeness (QED) is 0.461. The molecule has 4 nitrogen and oxygen atoms in total. The van der Waals surface area contributed by atoms with E-state index in [1.807, 2.05) is 24.3 Å². The van der Waals surface area contributed by atoms with Crippen molar-refractivity contribution in [1.29, 1.82) is 0 Å². The molecule has 1 rings (SSSR count). The highest BCUT2D eigenvalue weighted by Gasteiger charge is 2.10. The molecule has 17 heavy (non-hydrogen) atoms. The highest BCUT2D eigenvalue weighted by Crippen LogP contribution is 2.13. The molecule has 0 saturated heterocycles. The summed E-state index contributed by atoms with van der Waals surface area (Å²) in [5.74, 6) is -0.342. The number of halogens is 1. The lowest BCUT2D eigenvalue weighted by Crippen LogP contribution is -2.12. The SMILES string of the molecule is O=CC[C@@H](/C=C/c1ccc(Br)cc1)C[N+](=O)[O-]. The summed E-state index contributed by atoms with van der Waals surface area (Å²) in [7, 11) is 0. The Morgan fingerprint density at radius 3 is 2.53 bits per heavy atom. The van der Waals surface area contributed by atoms with E-state index in [1.165, 1.54) is 0 Å². The second kappa shape index (κ2) is 6.96. The van der Waals surface area contributed by atoms with Gasteiger partial charge in [0.1, 0.15) is 6.29 Å². The molecular formula is C12H12BrNO3. The Kier molecular flexibility index (Phi) is 5.56. The van der Waals surface area contributed by atoms with E-state index in [1.54, 1.807) is 12.2 Å². The van der Waals surface area contributed by atoms with Gasteiger partial charge in [-0.3, -0.25) is 10.1 Å². The van der Waals surface area contributed by atoms with Crippen molar-refractivity contribution in [1.82, 2.24) is 0 Å². The van der Waals surface area contributed by atoms with E-state index in [9.17, 15) is 14.9 Å². The second-order valence-corrected chi connectivity index (χ2v) is 4.50. The van der Waals surface area contributed by atoms with Crippen LogP contribution in [0.3, 0.4) is 0 Å². The van der Waals surface area contributed by atoms with E-state index in [0.29, 0.717) is 6.29 Å². The average Bonchev–Trinajstić information content (AvgIpc) is 2.27. The first-order valence-corrected chi connectivity index (χ1v) is 5.90. The molecule has 90 valence electrons. The topological polar surface area (TPSA) is 60.2 Å². The molecule has 1 aromatic rings. The number of carbonyl (C=O) groups is 1. The van der Waals surface area contributed by atoms with E-state index in [4.69, 9.17) is 0 Å². The van der Waals surface area contributed by atoms with Crippen molar-refractivity contribution in [2.75, 3.05) is 6.54 Å². The number of nitrogens with zero attached hydrogens (tertiary/aromatic N) is 1. The van der Waals surface area contributed by atoms with Crippen LogP contribution in [0.5, 0.6) is 0 Å². The maximum atomic E-state index is 10.4. The summed E-state index contributed by atoms with van der Waals surface area (Å²) >= 11 is 3.32. The predicted octanol–water partition coefficient (Wildman–Crippen LogP) is 2.94. The van der Waals surface area contributed by atoms with Gasteiger partial charge in [-0.15, -0.1) is 0 Å². The minimum absolute atomic E-state index is 0.175. The molecule has 0 amide bonds. The molecular weight excluding hydrogens is 286 g/mol. The highest BCUT2D eigenvalue weighted by atomic mass is 79.9.